The molecule has 0 spiro atoms. The Labute approximate surface area is 514 Å². The van der Waals surface area contributed by atoms with Crippen molar-refractivity contribution in [1.82, 2.24) is 53.2 Å². The van der Waals surface area contributed by atoms with Crippen molar-refractivity contribution in [2.45, 2.75) is 150 Å². The highest BCUT2D eigenvalue weighted by molar-refractivity contribution is 8.76. The number of hydrogen-bond donors (Lipinski definition) is 17. The molecule has 1 aliphatic heterocycles. The van der Waals surface area contributed by atoms with Crippen LogP contribution in [0.15, 0.2) is 89.8 Å². The van der Waals surface area contributed by atoms with Gasteiger partial charge in [-0.2, -0.15) is 0 Å². The number of amides is 10. The number of carbonyl (C=O) groups is 10. The fraction of sp³-hybridized carbons (Fsp3) is 0.517. The predicted molar refractivity (Wildman–Crippen MR) is 331 cm³/mol. The second-order valence-corrected chi connectivity index (χ2v) is 23.9. The zero-order chi connectivity index (χ0) is 64.2. The summed E-state index contributed by atoms with van der Waals surface area (Å²) in [6.45, 7) is 4.93. The smallest absolute Gasteiger partial charge is 0.245 e. The first-order valence-electron chi connectivity index (χ1n) is 28.9. The van der Waals surface area contributed by atoms with Gasteiger partial charge in [0, 0.05) is 23.6 Å². The minimum Gasteiger partial charge on any atom is -0.391 e. The van der Waals surface area contributed by atoms with E-state index in [1.807, 2.05) is 54.6 Å². The minimum atomic E-state index is -1.68. The molecule has 0 unspecified atom stereocenters. The second-order valence-electron chi connectivity index (χ2n) is 21.5. The number of benzene rings is 3. The molecular formula is C58H87N15O12S2. The number of rotatable bonds is 25. The summed E-state index contributed by atoms with van der Waals surface area (Å²) >= 11 is 0. The molecule has 3 aromatic rings. The Balaban J connectivity index is 1.64. The monoisotopic (exact) mass is 1250 g/mol. The zero-order valence-corrected chi connectivity index (χ0v) is 51.1. The van der Waals surface area contributed by atoms with E-state index in [1.54, 1.807) is 44.2 Å². The van der Waals surface area contributed by atoms with Crippen molar-refractivity contribution in [2.24, 2.45) is 34.6 Å². The van der Waals surface area contributed by atoms with Crippen molar-refractivity contribution in [3.05, 3.63) is 90.5 Å². The van der Waals surface area contributed by atoms with E-state index in [1.165, 1.54) is 35.4 Å². The first kappa shape index (κ1) is 72.3. The average molecular weight is 1250 g/mol. The molecule has 0 bridgehead atoms. The lowest BCUT2D eigenvalue weighted by Crippen LogP contribution is -2.62. The number of nitrogens with two attached hydrogens (primary N) is 5. The summed E-state index contributed by atoms with van der Waals surface area (Å²) < 4.78 is 0. The zero-order valence-electron chi connectivity index (χ0n) is 49.5. The van der Waals surface area contributed by atoms with Crippen molar-refractivity contribution in [3.63, 3.8) is 0 Å². The lowest BCUT2D eigenvalue weighted by Gasteiger charge is -2.28. The van der Waals surface area contributed by atoms with Gasteiger partial charge in [0.2, 0.25) is 59.1 Å². The van der Waals surface area contributed by atoms with Crippen LogP contribution in [-0.2, 0) is 54.4 Å². The summed E-state index contributed by atoms with van der Waals surface area (Å²) in [6, 6.07) is 11.6. The molecule has 4 rings (SSSR count). The molecule has 10 amide bonds. The highest BCUT2D eigenvalue weighted by Gasteiger charge is 2.37. The molecular weight excluding hydrogens is 1160 g/mol. The molecule has 22 N–H and O–H groups in total. The molecule has 0 saturated carbocycles. The lowest BCUT2D eigenvalue weighted by atomic mass is 10.00. The fourth-order valence-corrected chi connectivity index (χ4v) is 11.2. The Morgan fingerprint density at radius 2 is 1.07 bits per heavy atom. The normalized spacial score (nSPS) is 22.3. The Morgan fingerprint density at radius 3 is 1.60 bits per heavy atom. The molecule has 1 aliphatic rings. The van der Waals surface area contributed by atoms with E-state index in [0.29, 0.717) is 5.56 Å². The maximum Gasteiger partial charge on any atom is 0.245 e. The molecule has 1 fully saturated rings. The first-order valence-corrected chi connectivity index (χ1v) is 31.2. The predicted octanol–water partition coefficient (Wildman–Crippen LogP) is -3.25. The van der Waals surface area contributed by atoms with Gasteiger partial charge in [-0.25, -0.2) is 0 Å². The van der Waals surface area contributed by atoms with E-state index in [9.17, 15) is 58.2 Å². The maximum absolute atomic E-state index is 14.5. The number of carbonyl (C=O) groups excluding carboxylic acids is 10. The molecule has 29 heteroatoms. The lowest BCUT2D eigenvalue weighted by molar-refractivity contribution is -0.136. The third-order valence-electron chi connectivity index (χ3n) is 13.8. The van der Waals surface area contributed by atoms with Crippen LogP contribution < -0.4 is 81.8 Å². The molecule has 1 heterocycles. The molecule has 0 radical (unpaired) electrons. The number of aliphatic hydroxyl groups excluding tert-OH is 2. The van der Waals surface area contributed by atoms with Gasteiger partial charge in [0.1, 0.15) is 54.4 Å². The molecule has 12 atom stereocenters. The van der Waals surface area contributed by atoms with E-state index < -0.39 is 145 Å². The minimum absolute atomic E-state index is 0.0503. The Kier molecular flexibility index (Phi) is 31.1. The van der Waals surface area contributed by atoms with Crippen molar-refractivity contribution in [1.29, 1.82) is 0 Å². The van der Waals surface area contributed by atoms with E-state index in [0.717, 1.165) is 16.0 Å². The molecule has 27 nitrogen and oxygen atoms in total. The molecule has 3 aromatic carbocycles. The molecule has 87 heavy (non-hydrogen) atoms. The Hall–Kier alpha value is -7.22. The summed E-state index contributed by atoms with van der Waals surface area (Å²) in [5, 5.41) is 47.1. The third kappa shape index (κ3) is 24.1. The Bertz CT molecular complexity index is 2740. The van der Waals surface area contributed by atoms with E-state index >= 15 is 0 Å². The molecule has 0 aliphatic carbocycles. The van der Waals surface area contributed by atoms with Crippen molar-refractivity contribution in [2.75, 3.05) is 38.5 Å². The van der Waals surface area contributed by atoms with Crippen molar-refractivity contribution >= 4 is 80.7 Å². The van der Waals surface area contributed by atoms with Crippen LogP contribution in [0.5, 0.6) is 0 Å². The quantitative estimate of drug-likeness (QED) is 0.0371. The largest absolute Gasteiger partial charge is 0.391 e. The number of nitrogens with one attached hydrogen (secondary N) is 10. The summed E-state index contributed by atoms with van der Waals surface area (Å²) in [5.74, 6) is -9.24. The van der Waals surface area contributed by atoms with Gasteiger partial charge in [0.15, 0.2) is 0 Å². The van der Waals surface area contributed by atoms with Crippen LogP contribution in [0.2, 0.25) is 0 Å². The van der Waals surface area contributed by atoms with Gasteiger partial charge in [-0.3, -0.25) is 47.9 Å². The Morgan fingerprint density at radius 1 is 0.575 bits per heavy atom. The summed E-state index contributed by atoms with van der Waals surface area (Å²) in [5.41, 5.74) is 32.5. The topological polar surface area (TPSA) is 462 Å². The van der Waals surface area contributed by atoms with Gasteiger partial charge < -0.3 is 92.0 Å². The average Bonchev–Trinajstić information content (AvgIpc) is 3.66. The summed E-state index contributed by atoms with van der Waals surface area (Å²) in [6.07, 6.45) is -4.35. The third-order valence-corrected chi connectivity index (χ3v) is 16.2. The molecule has 0 aromatic heterocycles. The van der Waals surface area contributed by atoms with Crippen molar-refractivity contribution in [3.8, 4) is 11.1 Å². The van der Waals surface area contributed by atoms with E-state index in [2.05, 4.69) is 53.2 Å². The standard InChI is InChI=1S/C58H87N15O12S2/c1-32(2)29-45-55(82)67-40(19-24-59)50(77)66-43(22-27-62)54(81)73-47(33(3)74)57(84)64-28-23-44(53(80)65-41(20-25-60)52(79)71-46(56(83)70-45)30-35-11-7-5-8-12-35)68-51(78)42(21-26-61)69-58(85)48(34(4)75)72-49(76)39(63)31-86-87-38-17-15-37(16-18-38)36-13-9-6-10-14-36/h5-18,32-34,39-48,74-75H,19-31,59-63H2,1-4H3,(H,64,84)(H,65,80)(H,66,77)(H,67,82)(H,68,78)(H,69,85)(H,70,83)(H,71,79)(H,72,76)(H,73,81)/t33-,34-,39+,40+,41+,42+,43+,44+,45+,46-,47+,48+/m1/s1. The molecule has 1 saturated heterocycles. The van der Waals surface area contributed by atoms with Crippen LogP contribution in [0.4, 0.5) is 0 Å². The van der Waals surface area contributed by atoms with Gasteiger partial charge in [-0.05, 0) is 113 Å². The van der Waals surface area contributed by atoms with Gasteiger partial charge in [-0.1, -0.05) is 108 Å². The SMILES string of the molecule is CC(C)C[C@@H]1NC(=O)[C@@H](Cc2ccccc2)NC(=O)[C@H](CCN)NC(=O)[C@@H](NC(=O)[C@H](CCN)NC(=O)[C@@H](NC(=O)[C@@H](N)CSSc2ccc(-c3ccccc3)cc2)[C@@H](C)O)CCNC(=O)[C@H]([C@@H](C)O)NC(=O)[C@H](CCN)NC(=O)[C@H](CCN)NC1=O. The van der Waals surface area contributed by atoms with Crippen LogP contribution in [0, 0.1) is 5.92 Å². The van der Waals surface area contributed by atoms with Gasteiger partial charge in [0.05, 0.1) is 18.2 Å². The van der Waals surface area contributed by atoms with Crippen LogP contribution in [0.3, 0.4) is 0 Å². The van der Waals surface area contributed by atoms with E-state index in [4.69, 9.17) is 28.7 Å². The van der Waals surface area contributed by atoms with Gasteiger partial charge in [-0.15, -0.1) is 0 Å². The van der Waals surface area contributed by atoms with Crippen LogP contribution in [-0.4, -0.2) is 180 Å². The van der Waals surface area contributed by atoms with Crippen LogP contribution in [0.1, 0.15) is 71.8 Å². The maximum atomic E-state index is 14.5. The molecule has 478 valence electrons. The van der Waals surface area contributed by atoms with Gasteiger partial charge >= 0.3 is 0 Å². The second kappa shape index (κ2) is 37.5. The van der Waals surface area contributed by atoms with Crippen LogP contribution in [0.25, 0.3) is 11.1 Å². The summed E-state index contributed by atoms with van der Waals surface area (Å²) in [7, 11) is 2.68. The number of aliphatic hydroxyl groups is 2. The van der Waals surface area contributed by atoms with Crippen LogP contribution >= 0.6 is 21.6 Å². The first-order chi connectivity index (χ1) is 41.5. The van der Waals surface area contributed by atoms with Crippen molar-refractivity contribution < 1.29 is 58.2 Å². The van der Waals surface area contributed by atoms with E-state index in [-0.39, 0.29) is 76.4 Å². The number of hydrogen-bond acceptors (Lipinski definition) is 19. The highest BCUT2D eigenvalue weighted by atomic mass is 33.1. The highest BCUT2D eigenvalue weighted by Crippen LogP contribution is 2.33. The fourth-order valence-electron chi connectivity index (χ4n) is 9.03. The summed E-state index contributed by atoms with van der Waals surface area (Å²) in [4.78, 5) is 142. The van der Waals surface area contributed by atoms with Gasteiger partial charge in [0.25, 0.3) is 0 Å².